The minimum absolute atomic E-state index is 0.550. The Morgan fingerprint density at radius 2 is 1.86 bits per heavy atom. The largest absolute Gasteiger partial charge is 0.371 e. The number of piperidine rings is 2. The average Bonchev–Trinajstić information content (AvgIpc) is 2.56. The molecular formula is C17H26ClN3. The monoisotopic (exact) mass is 307 g/mol. The molecule has 2 fully saturated rings. The van der Waals surface area contributed by atoms with Crippen molar-refractivity contribution >= 4 is 17.3 Å². The number of rotatable bonds is 3. The van der Waals surface area contributed by atoms with Gasteiger partial charge >= 0.3 is 0 Å². The van der Waals surface area contributed by atoms with Crippen molar-refractivity contribution in [3.63, 3.8) is 0 Å². The second-order valence-electron chi connectivity index (χ2n) is 6.40. The van der Waals surface area contributed by atoms with Gasteiger partial charge in [0.2, 0.25) is 0 Å². The highest BCUT2D eigenvalue weighted by Crippen LogP contribution is 2.28. The van der Waals surface area contributed by atoms with Gasteiger partial charge in [-0.15, -0.1) is 11.6 Å². The molecule has 4 heteroatoms. The van der Waals surface area contributed by atoms with Gasteiger partial charge in [0.1, 0.15) is 0 Å². The van der Waals surface area contributed by atoms with Gasteiger partial charge in [-0.25, -0.2) is 0 Å². The molecule has 0 atom stereocenters. The highest BCUT2D eigenvalue weighted by atomic mass is 35.5. The maximum absolute atomic E-state index is 6.08. The molecule has 0 aliphatic carbocycles. The number of hydrogen-bond acceptors (Lipinski definition) is 3. The Morgan fingerprint density at radius 3 is 2.52 bits per heavy atom. The summed E-state index contributed by atoms with van der Waals surface area (Å²) in [5.74, 6) is 0.550. The van der Waals surface area contributed by atoms with E-state index in [0.29, 0.717) is 5.88 Å². The lowest BCUT2D eigenvalue weighted by molar-refractivity contribution is 0.141. The van der Waals surface area contributed by atoms with Gasteiger partial charge in [0, 0.05) is 42.3 Å². The van der Waals surface area contributed by atoms with Crippen LogP contribution < -0.4 is 4.90 Å². The number of nitrogens with zero attached hydrogens (tertiary/aromatic N) is 3. The Morgan fingerprint density at radius 1 is 1.14 bits per heavy atom. The van der Waals surface area contributed by atoms with Gasteiger partial charge in [0.05, 0.1) is 5.88 Å². The molecule has 1 aromatic heterocycles. The van der Waals surface area contributed by atoms with Crippen LogP contribution >= 0.6 is 11.6 Å². The van der Waals surface area contributed by atoms with Gasteiger partial charge in [-0.2, -0.15) is 0 Å². The van der Waals surface area contributed by atoms with Crippen LogP contribution in [0.3, 0.4) is 0 Å². The van der Waals surface area contributed by atoms with Crippen molar-refractivity contribution in [1.29, 1.82) is 0 Å². The van der Waals surface area contributed by atoms with Crippen LogP contribution in [0.4, 0.5) is 5.69 Å². The molecule has 0 spiro atoms. The average molecular weight is 308 g/mol. The van der Waals surface area contributed by atoms with E-state index in [9.17, 15) is 0 Å². The molecule has 3 rings (SSSR count). The third-order valence-corrected chi connectivity index (χ3v) is 5.24. The normalized spacial score (nSPS) is 21.7. The number of pyridine rings is 1. The molecule has 0 N–H and O–H groups in total. The molecule has 0 radical (unpaired) electrons. The Bertz CT molecular complexity index is 463. The summed E-state index contributed by atoms with van der Waals surface area (Å²) in [5.41, 5.74) is 3.55. The van der Waals surface area contributed by atoms with E-state index in [1.807, 2.05) is 6.20 Å². The molecule has 3 heterocycles. The molecule has 116 valence electrons. The molecule has 0 amide bonds. The summed E-state index contributed by atoms with van der Waals surface area (Å²) < 4.78 is 0. The molecule has 2 aliphatic heterocycles. The van der Waals surface area contributed by atoms with Crippen LogP contribution in [0.15, 0.2) is 12.3 Å². The van der Waals surface area contributed by atoms with Crippen molar-refractivity contribution in [1.82, 2.24) is 9.88 Å². The van der Waals surface area contributed by atoms with E-state index in [1.165, 1.54) is 56.4 Å². The van der Waals surface area contributed by atoms with Gasteiger partial charge in [0.25, 0.3) is 0 Å². The summed E-state index contributed by atoms with van der Waals surface area (Å²) in [7, 11) is 0. The molecule has 2 aliphatic rings. The molecule has 3 nitrogen and oxygen atoms in total. The quantitative estimate of drug-likeness (QED) is 0.796. The minimum atomic E-state index is 0.550. The molecule has 0 bridgehead atoms. The number of hydrogen-bond donors (Lipinski definition) is 0. The SMILES string of the molecule is Cc1cc(N2CCC(N3CCCCC3)CC2)c(CCl)cn1. The second-order valence-corrected chi connectivity index (χ2v) is 6.67. The van der Waals surface area contributed by atoms with Crippen molar-refractivity contribution < 1.29 is 0 Å². The number of aromatic nitrogens is 1. The number of likely N-dealkylation sites (tertiary alicyclic amines) is 1. The first-order valence-electron chi connectivity index (χ1n) is 8.28. The van der Waals surface area contributed by atoms with Crippen LogP contribution in [0.1, 0.15) is 43.4 Å². The summed E-state index contributed by atoms with van der Waals surface area (Å²) in [6, 6.07) is 2.99. The maximum atomic E-state index is 6.08. The lowest BCUT2D eigenvalue weighted by Gasteiger charge is -2.41. The van der Waals surface area contributed by atoms with Gasteiger partial charge in [-0.3, -0.25) is 4.98 Å². The van der Waals surface area contributed by atoms with Crippen molar-refractivity contribution in [3.05, 3.63) is 23.5 Å². The fraction of sp³-hybridized carbons (Fsp3) is 0.706. The van der Waals surface area contributed by atoms with E-state index < -0.39 is 0 Å². The summed E-state index contributed by atoms with van der Waals surface area (Å²) in [4.78, 5) is 9.60. The van der Waals surface area contributed by atoms with Crippen molar-refractivity contribution in [3.8, 4) is 0 Å². The number of alkyl halides is 1. The standard InChI is InChI=1S/C17H26ClN3/c1-14-11-17(15(12-18)13-19-14)21-9-5-16(6-10-21)20-7-3-2-4-8-20/h11,13,16H,2-10,12H2,1H3. The highest BCUT2D eigenvalue weighted by Gasteiger charge is 2.26. The fourth-order valence-corrected chi connectivity index (χ4v) is 3.93. The first kappa shape index (κ1) is 15.1. The Kier molecular flexibility index (Phi) is 5.02. The Balaban J connectivity index is 1.64. The summed E-state index contributed by atoms with van der Waals surface area (Å²) in [6.07, 6.45) is 8.70. The van der Waals surface area contributed by atoms with Gasteiger partial charge in [-0.05, 0) is 51.8 Å². The van der Waals surface area contributed by atoms with Crippen molar-refractivity contribution in [2.45, 2.75) is 50.9 Å². The van der Waals surface area contributed by atoms with E-state index in [0.717, 1.165) is 24.8 Å². The van der Waals surface area contributed by atoms with E-state index >= 15 is 0 Å². The molecule has 0 aromatic carbocycles. The Hall–Kier alpha value is -0.800. The Labute approximate surface area is 133 Å². The number of anilines is 1. The van der Waals surface area contributed by atoms with Gasteiger partial charge in [-0.1, -0.05) is 6.42 Å². The lowest BCUT2D eigenvalue weighted by atomic mass is 9.99. The topological polar surface area (TPSA) is 19.4 Å². The van der Waals surface area contributed by atoms with Crippen LogP contribution in [0.2, 0.25) is 0 Å². The fourth-order valence-electron chi connectivity index (χ4n) is 3.73. The van der Waals surface area contributed by atoms with Crippen molar-refractivity contribution in [2.75, 3.05) is 31.1 Å². The predicted octanol–water partition coefficient (Wildman–Crippen LogP) is 3.58. The zero-order valence-electron chi connectivity index (χ0n) is 13.0. The molecule has 0 saturated carbocycles. The van der Waals surface area contributed by atoms with E-state index in [2.05, 4.69) is 27.8 Å². The molecule has 1 aromatic rings. The second kappa shape index (κ2) is 6.97. The van der Waals surface area contributed by atoms with Crippen LogP contribution in [0, 0.1) is 6.92 Å². The first-order valence-corrected chi connectivity index (χ1v) is 8.82. The van der Waals surface area contributed by atoms with Crippen LogP contribution in [0.5, 0.6) is 0 Å². The summed E-state index contributed by atoms with van der Waals surface area (Å²) in [6.45, 7) is 6.98. The lowest BCUT2D eigenvalue weighted by Crippen LogP contribution is -2.47. The van der Waals surface area contributed by atoms with E-state index in [1.54, 1.807) is 0 Å². The maximum Gasteiger partial charge on any atom is 0.0509 e. The molecular weight excluding hydrogens is 282 g/mol. The van der Waals surface area contributed by atoms with E-state index in [4.69, 9.17) is 11.6 Å². The third-order valence-electron chi connectivity index (χ3n) is 4.95. The summed E-state index contributed by atoms with van der Waals surface area (Å²) >= 11 is 6.08. The summed E-state index contributed by atoms with van der Waals surface area (Å²) in [5, 5.41) is 0. The van der Waals surface area contributed by atoms with E-state index in [-0.39, 0.29) is 0 Å². The first-order chi connectivity index (χ1) is 10.3. The minimum Gasteiger partial charge on any atom is -0.371 e. The number of aryl methyl sites for hydroxylation is 1. The van der Waals surface area contributed by atoms with Gasteiger partial charge in [0.15, 0.2) is 0 Å². The predicted molar refractivity (Wildman–Crippen MR) is 89.2 cm³/mol. The molecule has 2 saturated heterocycles. The zero-order valence-corrected chi connectivity index (χ0v) is 13.8. The van der Waals surface area contributed by atoms with Crippen LogP contribution in [-0.2, 0) is 5.88 Å². The van der Waals surface area contributed by atoms with Crippen LogP contribution in [-0.4, -0.2) is 42.1 Å². The highest BCUT2D eigenvalue weighted by molar-refractivity contribution is 6.17. The van der Waals surface area contributed by atoms with Crippen molar-refractivity contribution in [2.24, 2.45) is 0 Å². The smallest absolute Gasteiger partial charge is 0.0509 e. The van der Waals surface area contributed by atoms with Gasteiger partial charge < -0.3 is 9.80 Å². The zero-order chi connectivity index (χ0) is 14.7. The third kappa shape index (κ3) is 3.51. The molecule has 0 unspecified atom stereocenters. The van der Waals surface area contributed by atoms with Crippen LogP contribution in [0.25, 0.3) is 0 Å². The molecule has 21 heavy (non-hydrogen) atoms. The number of halogens is 1.